The van der Waals surface area contributed by atoms with Gasteiger partial charge in [-0.05, 0) is 18.4 Å². The Balaban J connectivity index is 0.00000280. The van der Waals surface area contributed by atoms with Crippen LogP contribution >= 0.6 is 24.0 Å². The number of hydrogen-bond donors (Lipinski definition) is 2. The van der Waals surface area contributed by atoms with E-state index in [1.165, 1.54) is 12.1 Å². The number of nitro groups is 1. The van der Waals surface area contributed by atoms with E-state index in [0.717, 1.165) is 50.5 Å². The third kappa shape index (κ3) is 6.59. The second kappa shape index (κ2) is 10.6. The highest BCUT2D eigenvalue weighted by Gasteiger charge is 2.25. The van der Waals surface area contributed by atoms with Gasteiger partial charge in [0.15, 0.2) is 5.96 Å². The first-order valence-corrected chi connectivity index (χ1v) is 9.26. The summed E-state index contributed by atoms with van der Waals surface area (Å²) in [5.74, 6) is 0.919. The van der Waals surface area contributed by atoms with Crippen LogP contribution in [0.4, 0.5) is 5.69 Å². The van der Waals surface area contributed by atoms with Crippen molar-refractivity contribution in [3.63, 3.8) is 0 Å². The van der Waals surface area contributed by atoms with E-state index in [9.17, 15) is 14.9 Å². The number of nitrogens with zero attached hydrogens (tertiary/aromatic N) is 4. The maximum absolute atomic E-state index is 11.9. The lowest BCUT2D eigenvalue weighted by atomic mass is 10.2. The Labute approximate surface area is 181 Å². The lowest BCUT2D eigenvalue weighted by Gasteiger charge is -2.36. The fraction of sp³-hybridized carbons (Fsp3) is 0.556. The number of aliphatic imine (C=N–C) groups is 1. The summed E-state index contributed by atoms with van der Waals surface area (Å²) in [7, 11) is 1.74. The maximum Gasteiger partial charge on any atom is 0.269 e. The zero-order valence-corrected chi connectivity index (χ0v) is 18.3. The number of nitrogens with one attached hydrogen (secondary N) is 2. The quantitative estimate of drug-likeness (QED) is 0.199. The molecule has 2 fully saturated rings. The summed E-state index contributed by atoms with van der Waals surface area (Å²) in [6.45, 7) is 4.24. The van der Waals surface area contributed by atoms with Gasteiger partial charge >= 0.3 is 0 Å². The number of amides is 1. The number of halogens is 1. The fourth-order valence-corrected chi connectivity index (χ4v) is 3.07. The predicted octanol–water partition coefficient (Wildman–Crippen LogP) is 1.18. The van der Waals surface area contributed by atoms with Gasteiger partial charge in [0.1, 0.15) is 0 Å². The minimum atomic E-state index is -0.402. The van der Waals surface area contributed by atoms with Crippen molar-refractivity contribution in [2.24, 2.45) is 4.99 Å². The Hall–Kier alpha value is -1.95. The lowest BCUT2D eigenvalue weighted by Crippen LogP contribution is -2.54. The maximum atomic E-state index is 11.9. The highest BCUT2D eigenvalue weighted by atomic mass is 127. The molecule has 1 aliphatic carbocycles. The minimum absolute atomic E-state index is 0. The lowest BCUT2D eigenvalue weighted by molar-refractivity contribution is -0.384. The molecule has 0 bridgehead atoms. The smallest absolute Gasteiger partial charge is 0.269 e. The average molecular weight is 502 g/mol. The number of guanidine groups is 1. The molecule has 0 radical (unpaired) electrons. The summed E-state index contributed by atoms with van der Waals surface area (Å²) in [6.07, 6.45) is 2.21. The van der Waals surface area contributed by atoms with Crippen molar-refractivity contribution in [1.82, 2.24) is 20.4 Å². The van der Waals surface area contributed by atoms with E-state index in [-0.39, 0.29) is 35.6 Å². The number of carbonyl (C=O) groups is 1. The molecular formula is C18H27IN6O3. The van der Waals surface area contributed by atoms with Gasteiger partial charge in [0.05, 0.1) is 11.5 Å². The van der Waals surface area contributed by atoms with Crippen LogP contribution in [0.1, 0.15) is 18.4 Å². The number of rotatable bonds is 6. The highest BCUT2D eigenvalue weighted by Crippen LogP contribution is 2.18. The fourth-order valence-electron chi connectivity index (χ4n) is 3.07. The Morgan fingerprint density at radius 1 is 1.21 bits per heavy atom. The zero-order valence-electron chi connectivity index (χ0n) is 16.0. The van der Waals surface area contributed by atoms with E-state index in [0.29, 0.717) is 19.1 Å². The molecule has 1 aromatic rings. The molecule has 10 heteroatoms. The Bertz CT molecular complexity index is 700. The van der Waals surface area contributed by atoms with Crippen LogP contribution in [0.15, 0.2) is 29.3 Å². The summed E-state index contributed by atoms with van der Waals surface area (Å²) >= 11 is 0. The predicted molar refractivity (Wildman–Crippen MR) is 118 cm³/mol. The third-order valence-corrected chi connectivity index (χ3v) is 4.79. The van der Waals surface area contributed by atoms with Gasteiger partial charge < -0.3 is 15.5 Å². The molecule has 2 aliphatic rings. The molecule has 0 atom stereocenters. The van der Waals surface area contributed by atoms with Crippen molar-refractivity contribution in [3.05, 3.63) is 39.9 Å². The van der Waals surface area contributed by atoms with Gasteiger partial charge in [-0.2, -0.15) is 0 Å². The van der Waals surface area contributed by atoms with Crippen LogP contribution in [0.2, 0.25) is 0 Å². The Kier molecular flexibility index (Phi) is 8.42. The van der Waals surface area contributed by atoms with Gasteiger partial charge in [0.2, 0.25) is 5.91 Å². The van der Waals surface area contributed by atoms with Crippen molar-refractivity contribution in [1.29, 1.82) is 0 Å². The van der Waals surface area contributed by atoms with E-state index in [1.54, 1.807) is 19.2 Å². The van der Waals surface area contributed by atoms with Crippen molar-refractivity contribution < 1.29 is 9.72 Å². The molecule has 1 amide bonds. The number of nitro benzene ring substituents is 1. The normalized spacial score (nSPS) is 17.6. The summed E-state index contributed by atoms with van der Waals surface area (Å²) in [5, 5.41) is 17.0. The summed E-state index contributed by atoms with van der Waals surface area (Å²) in [5.41, 5.74) is 1.04. The van der Waals surface area contributed by atoms with Crippen LogP contribution in [0, 0.1) is 10.1 Å². The number of carbonyl (C=O) groups excluding carboxylic acids is 1. The SMILES string of the molecule is CN=C(NCc1ccc([N+](=O)[O-])cc1)N1CCN(CC(=O)NC2CC2)CC1.I. The topological polar surface area (TPSA) is 103 Å². The van der Waals surface area contributed by atoms with Crippen LogP contribution < -0.4 is 10.6 Å². The second-order valence-corrected chi connectivity index (χ2v) is 6.93. The van der Waals surface area contributed by atoms with Gasteiger partial charge in [-0.3, -0.25) is 24.8 Å². The number of benzene rings is 1. The first kappa shape index (κ1) is 22.3. The van der Waals surface area contributed by atoms with Crippen LogP contribution in [0.3, 0.4) is 0 Å². The summed E-state index contributed by atoms with van der Waals surface area (Å²) < 4.78 is 0. The van der Waals surface area contributed by atoms with Gasteiger partial charge in [-0.15, -0.1) is 24.0 Å². The van der Waals surface area contributed by atoms with Gasteiger partial charge in [0.25, 0.3) is 5.69 Å². The molecule has 1 aliphatic heterocycles. The van der Waals surface area contributed by atoms with Crippen LogP contribution in [-0.2, 0) is 11.3 Å². The summed E-state index contributed by atoms with van der Waals surface area (Å²) in [4.78, 5) is 30.9. The van der Waals surface area contributed by atoms with Crippen LogP contribution in [0.5, 0.6) is 0 Å². The Morgan fingerprint density at radius 2 is 1.86 bits per heavy atom. The van der Waals surface area contributed by atoms with Crippen molar-refractivity contribution >= 4 is 41.5 Å². The largest absolute Gasteiger partial charge is 0.352 e. The average Bonchev–Trinajstić information content (AvgIpc) is 3.47. The molecule has 1 heterocycles. The summed E-state index contributed by atoms with van der Waals surface area (Å²) in [6, 6.07) is 6.90. The molecule has 1 saturated carbocycles. The number of hydrogen-bond acceptors (Lipinski definition) is 5. The van der Waals surface area contributed by atoms with E-state index in [1.807, 2.05) is 0 Å². The van der Waals surface area contributed by atoms with Gasteiger partial charge in [-0.1, -0.05) is 12.1 Å². The molecule has 0 unspecified atom stereocenters. The van der Waals surface area contributed by atoms with Gasteiger partial charge in [-0.25, -0.2) is 0 Å². The molecule has 2 N–H and O–H groups in total. The third-order valence-electron chi connectivity index (χ3n) is 4.79. The van der Waals surface area contributed by atoms with Crippen molar-refractivity contribution in [3.8, 4) is 0 Å². The standard InChI is InChI=1S/C18H26N6O3.HI/c1-19-18(20-12-14-2-6-16(7-3-14)24(26)27)23-10-8-22(9-11-23)13-17(25)21-15-4-5-15;/h2-3,6-7,15H,4-5,8-13H2,1H3,(H,19,20)(H,21,25);1H. The molecule has 1 aromatic carbocycles. The second-order valence-electron chi connectivity index (χ2n) is 6.93. The molecule has 3 rings (SSSR count). The monoisotopic (exact) mass is 502 g/mol. The number of piperazine rings is 1. The zero-order chi connectivity index (χ0) is 19.2. The molecule has 0 aromatic heterocycles. The van der Waals surface area contributed by atoms with Crippen molar-refractivity contribution in [2.75, 3.05) is 39.8 Å². The molecule has 0 spiro atoms. The van der Waals surface area contributed by atoms with Crippen LogP contribution in [0.25, 0.3) is 0 Å². The van der Waals surface area contributed by atoms with E-state index < -0.39 is 4.92 Å². The number of non-ortho nitro benzene ring substituents is 1. The molecular weight excluding hydrogens is 475 g/mol. The molecule has 154 valence electrons. The van der Waals surface area contributed by atoms with Crippen molar-refractivity contribution in [2.45, 2.75) is 25.4 Å². The molecule has 1 saturated heterocycles. The van der Waals surface area contributed by atoms with Crippen LogP contribution in [-0.4, -0.2) is 72.4 Å². The van der Waals surface area contributed by atoms with Gasteiger partial charge in [0, 0.05) is 57.9 Å². The Morgan fingerprint density at radius 3 is 2.39 bits per heavy atom. The minimum Gasteiger partial charge on any atom is -0.352 e. The highest BCUT2D eigenvalue weighted by molar-refractivity contribution is 14.0. The first-order chi connectivity index (χ1) is 13.0. The molecule has 9 nitrogen and oxygen atoms in total. The van der Waals surface area contributed by atoms with E-state index in [2.05, 4.69) is 25.4 Å². The first-order valence-electron chi connectivity index (χ1n) is 9.26. The van der Waals surface area contributed by atoms with E-state index in [4.69, 9.17) is 0 Å². The van der Waals surface area contributed by atoms with E-state index >= 15 is 0 Å². The molecule has 28 heavy (non-hydrogen) atoms.